The zero-order chi connectivity index (χ0) is 17.1. The predicted molar refractivity (Wildman–Crippen MR) is 92.6 cm³/mol. The largest absolute Gasteiger partial charge is 0.496 e. The van der Waals surface area contributed by atoms with Crippen molar-refractivity contribution >= 4 is 0 Å². The highest BCUT2D eigenvalue weighted by molar-refractivity contribution is 5.51. The van der Waals surface area contributed by atoms with Crippen molar-refractivity contribution in [1.29, 1.82) is 0 Å². The van der Waals surface area contributed by atoms with Crippen LogP contribution < -0.4 is 19.5 Å². The van der Waals surface area contributed by atoms with Crippen molar-refractivity contribution in [3.8, 4) is 17.2 Å². The van der Waals surface area contributed by atoms with Crippen molar-refractivity contribution in [1.82, 2.24) is 5.32 Å². The van der Waals surface area contributed by atoms with Crippen molar-refractivity contribution in [3.63, 3.8) is 0 Å². The predicted octanol–water partition coefficient (Wildman–Crippen LogP) is 2.28. The lowest BCUT2D eigenvalue weighted by atomic mass is 9.84. The van der Waals surface area contributed by atoms with E-state index in [9.17, 15) is 0 Å². The summed E-state index contributed by atoms with van der Waals surface area (Å²) in [7, 11) is 1.69. The molecule has 0 radical (unpaired) electrons. The molecule has 4 rings (SSSR count). The minimum Gasteiger partial charge on any atom is -0.496 e. The van der Waals surface area contributed by atoms with Gasteiger partial charge in [0.15, 0.2) is 11.5 Å². The van der Waals surface area contributed by atoms with E-state index in [0.717, 1.165) is 74.9 Å². The Hall–Kier alpha value is -1.50. The highest BCUT2D eigenvalue weighted by atomic mass is 16.6. The van der Waals surface area contributed by atoms with Gasteiger partial charge in [0.2, 0.25) is 0 Å². The van der Waals surface area contributed by atoms with Crippen LogP contribution in [0.5, 0.6) is 17.2 Å². The molecule has 3 heterocycles. The van der Waals surface area contributed by atoms with Crippen LogP contribution in [0, 0.1) is 0 Å². The molecule has 1 aromatic rings. The molecular weight excluding hydrogens is 322 g/mol. The van der Waals surface area contributed by atoms with E-state index in [1.54, 1.807) is 7.11 Å². The molecule has 0 unspecified atom stereocenters. The third kappa shape index (κ3) is 3.71. The maximum Gasteiger partial charge on any atom is 0.165 e. The van der Waals surface area contributed by atoms with Crippen LogP contribution in [0.3, 0.4) is 0 Å². The van der Waals surface area contributed by atoms with Crippen molar-refractivity contribution in [2.24, 2.45) is 0 Å². The van der Waals surface area contributed by atoms with Gasteiger partial charge in [-0.05, 0) is 31.7 Å². The molecule has 0 bridgehead atoms. The Labute approximate surface area is 148 Å². The Kier molecular flexibility index (Phi) is 5.01. The molecule has 3 aliphatic rings. The van der Waals surface area contributed by atoms with Crippen LogP contribution in [-0.2, 0) is 16.0 Å². The summed E-state index contributed by atoms with van der Waals surface area (Å²) in [5.41, 5.74) is 1.10. The molecule has 0 amide bonds. The maximum absolute atomic E-state index is 6.13. The number of methoxy groups -OCH3 is 1. The van der Waals surface area contributed by atoms with Crippen LogP contribution in [-0.4, -0.2) is 51.8 Å². The van der Waals surface area contributed by atoms with Gasteiger partial charge in [0.25, 0.3) is 0 Å². The van der Waals surface area contributed by atoms with Crippen LogP contribution >= 0.6 is 0 Å². The van der Waals surface area contributed by atoms with Gasteiger partial charge in [-0.15, -0.1) is 0 Å². The molecule has 6 heteroatoms. The Morgan fingerprint density at radius 2 is 1.84 bits per heavy atom. The Balaban J connectivity index is 1.42. The van der Waals surface area contributed by atoms with Crippen molar-refractivity contribution in [2.45, 2.75) is 43.9 Å². The van der Waals surface area contributed by atoms with Gasteiger partial charge >= 0.3 is 0 Å². The number of hydrogen-bond donors (Lipinski definition) is 1. The van der Waals surface area contributed by atoms with Gasteiger partial charge in [-0.3, -0.25) is 0 Å². The maximum atomic E-state index is 6.13. The molecule has 1 spiro atoms. The molecule has 1 atom stereocenters. The number of hydrogen-bond acceptors (Lipinski definition) is 6. The molecule has 0 saturated carbocycles. The zero-order valence-electron chi connectivity index (χ0n) is 14.8. The summed E-state index contributed by atoms with van der Waals surface area (Å²) in [4.78, 5) is 0. The molecule has 1 N–H and O–H groups in total. The van der Waals surface area contributed by atoms with Gasteiger partial charge in [0, 0.05) is 44.0 Å². The number of ether oxygens (including phenoxy) is 5. The van der Waals surface area contributed by atoms with Gasteiger partial charge in [0.05, 0.1) is 12.7 Å². The van der Waals surface area contributed by atoms with Gasteiger partial charge in [0.1, 0.15) is 19.0 Å². The topological polar surface area (TPSA) is 58.2 Å². The molecule has 0 aliphatic carbocycles. The Morgan fingerprint density at radius 1 is 1.08 bits per heavy atom. The van der Waals surface area contributed by atoms with Crippen LogP contribution in [0.2, 0.25) is 0 Å². The fourth-order valence-electron chi connectivity index (χ4n) is 3.99. The standard InChI is InChI=1S/C19H27NO5/c1-21-16-11-18-17(23-8-9-24-18)10-14(16)13-20-15-2-5-25-19(12-15)3-6-22-7-4-19/h10-11,15,20H,2-9,12-13H2,1H3/t15-/m0/s1. The lowest BCUT2D eigenvalue weighted by Gasteiger charge is -2.43. The Bertz CT molecular complexity index is 594. The molecule has 2 saturated heterocycles. The average Bonchev–Trinajstić information content (AvgIpc) is 2.66. The van der Waals surface area contributed by atoms with Crippen LogP contribution in [0.1, 0.15) is 31.2 Å². The fraction of sp³-hybridized carbons (Fsp3) is 0.684. The van der Waals surface area contributed by atoms with Crippen molar-refractivity contribution < 1.29 is 23.7 Å². The summed E-state index contributed by atoms with van der Waals surface area (Å²) in [6.07, 6.45) is 4.08. The van der Waals surface area contributed by atoms with E-state index >= 15 is 0 Å². The summed E-state index contributed by atoms with van der Waals surface area (Å²) in [6, 6.07) is 4.41. The van der Waals surface area contributed by atoms with E-state index in [2.05, 4.69) is 5.32 Å². The normalized spacial score (nSPS) is 24.9. The molecule has 1 aromatic carbocycles. The van der Waals surface area contributed by atoms with Crippen LogP contribution in [0.25, 0.3) is 0 Å². The lowest BCUT2D eigenvalue weighted by molar-refractivity contribution is -0.140. The number of nitrogens with one attached hydrogen (secondary N) is 1. The number of fused-ring (bicyclic) bond motifs is 1. The smallest absolute Gasteiger partial charge is 0.165 e. The first-order valence-electron chi connectivity index (χ1n) is 9.20. The molecule has 6 nitrogen and oxygen atoms in total. The Morgan fingerprint density at radius 3 is 2.60 bits per heavy atom. The first-order chi connectivity index (χ1) is 12.3. The van der Waals surface area contributed by atoms with E-state index in [0.29, 0.717) is 19.3 Å². The van der Waals surface area contributed by atoms with E-state index in [1.807, 2.05) is 12.1 Å². The zero-order valence-corrected chi connectivity index (χ0v) is 14.8. The first-order valence-corrected chi connectivity index (χ1v) is 9.20. The van der Waals surface area contributed by atoms with Gasteiger partial charge < -0.3 is 29.0 Å². The summed E-state index contributed by atoms with van der Waals surface area (Å²) in [5.74, 6) is 2.40. The lowest BCUT2D eigenvalue weighted by Crippen LogP contribution is -2.49. The highest BCUT2D eigenvalue weighted by Crippen LogP contribution is 2.37. The van der Waals surface area contributed by atoms with E-state index in [1.165, 1.54) is 0 Å². The number of rotatable bonds is 4. The first kappa shape index (κ1) is 16.9. The third-order valence-corrected chi connectivity index (χ3v) is 5.42. The highest BCUT2D eigenvalue weighted by Gasteiger charge is 2.38. The minimum atomic E-state index is 0.00502. The monoisotopic (exact) mass is 349 g/mol. The summed E-state index contributed by atoms with van der Waals surface area (Å²) < 4.78 is 28.5. The summed E-state index contributed by atoms with van der Waals surface area (Å²) >= 11 is 0. The van der Waals surface area contributed by atoms with Gasteiger partial charge in [-0.1, -0.05) is 0 Å². The van der Waals surface area contributed by atoms with Crippen molar-refractivity contribution in [3.05, 3.63) is 17.7 Å². The second-order valence-electron chi connectivity index (χ2n) is 7.02. The third-order valence-electron chi connectivity index (χ3n) is 5.42. The minimum absolute atomic E-state index is 0.00502. The second kappa shape index (κ2) is 7.40. The van der Waals surface area contributed by atoms with Gasteiger partial charge in [-0.2, -0.15) is 0 Å². The molecular formula is C19H27NO5. The molecule has 138 valence electrons. The molecule has 3 aliphatic heterocycles. The summed E-state index contributed by atoms with van der Waals surface area (Å²) in [6.45, 7) is 4.36. The van der Waals surface area contributed by atoms with Crippen LogP contribution in [0.15, 0.2) is 12.1 Å². The second-order valence-corrected chi connectivity index (χ2v) is 7.02. The summed E-state index contributed by atoms with van der Waals surface area (Å²) in [5, 5.41) is 3.69. The van der Waals surface area contributed by atoms with E-state index < -0.39 is 0 Å². The molecule has 0 aromatic heterocycles. The van der Waals surface area contributed by atoms with Crippen LogP contribution in [0.4, 0.5) is 0 Å². The quantitative estimate of drug-likeness (QED) is 0.900. The molecule has 2 fully saturated rings. The SMILES string of the molecule is COc1cc2c(cc1CN[C@H]1CCOC3(CCOCC3)C1)OCCO2. The van der Waals surface area contributed by atoms with E-state index in [4.69, 9.17) is 23.7 Å². The number of benzene rings is 1. The molecule has 25 heavy (non-hydrogen) atoms. The van der Waals surface area contributed by atoms with E-state index in [-0.39, 0.29) is 5.60 Å². The average molecular weight is 349 g/mol. The fourth-order valence-corrected chi connectivity index (χ4v) is 3.99. The van der Waals surface area contributed by atoms with Gasteiger partial charge in [-0.25, -0.2) is 0 Å². The van der Waals surface area contributed by atoms with Crippen molar-refractivity contribution in [2.75, 3.05) is 40.1 Å².